The molecule has 2 fully saturated rings. The maximum Gasteiger partial charge on any atom is 0.323 e. The molecule has 4 rings (SSSR count). The molecule has 2 aromatic heterocycles. The Bertz CT molecular complexity index is 1080. The van der Waals surface area contributed by atoms with Crippen molar-refractivity contribution in [3.8, 4) is 0 Å². The first-order chi connectivity index (χ1) is 16.2. The molecule has 1 aliphatic carbocycles. The van der Waals surface area contributed by atoms with Gasteiger partial charge in [-0.1, -0.05) is 38.0 Å². The van der Waals surface area contributed by atoms with E-state index in [1.807, 2.05) is 0 Å². The number of ether oxygens (including phenoxy) is 2. The number of carbonyl (C=O) groups excluding carboxylic acids is 1. The van der Waals surface area contributed by atoms with E-state index in [-0.39, 0.29) is 35.9 Å². The first-order valence-corrected chi connectivity index (χ1v) is 12.3. The number of thiazole rings is 1. The molecular weight excluding hydrogens is 464 g/mol. The van der Waals surface area contributed by atoms with Crippen molar-refractivity contribution in [1.82, 2.24) is 14.5 Å². The van der Waals surface area contributed by atoms with E-state index < -0.39 is 36.4 Å². The van der Waals surface area contributed by atoms with E-state index in [1.165, 1.54) is 4.57 Å². The van der Waals surface area contributed by atoms with Crippen LogP contribution in [-0.2, 0) is 20.8 Å². The highest BCUT2D eigenvalue weighted by Crippen LogP contribution is 2.30. The lowest BCUT2D eigenvalue weighted by Gasteiger charge is -2.18. The van der Waals surface area contributed by atoms with Gasteiger partial charge in [-0.2, -0.15) is 9.97 Å². The van der Waals surface area contributed by atoms with E-state index >= 15 is 0 Å². The lowest BCUT2D eigenvalue weighted by atomic mass is 10.1. The minimum atomic E-state index is -1.30. The maximum atomic E-state index is 12.8. The minimum absolute atomic E-state index is 0.0266. The number of nitrogens with one attached hydrogen (secondary N) is 1. The molecule has 2 aliphatic rings. The van der Waals surface area contributed by atoms with Gasteiger partial charge in [0.25, 0.3) is 0 Å². The molecule has 1 saturated heterocycles. The van der Waals surface area contributed by atoms with Crippen molar-refractivity contribution < 1.29 is 24.5 Å². The lowest BCUT2D eigenvalue weighted by Crippen LogP contribution is -2.40. The maximum absolute atomic E-state index is 12.8. The summed E-state index contributed by atoms with van der Waals surface area (Å²) in [6.45, 7) is 3.26. The van der Waals surface area contributed by atoms with Gasteiger partial charge in [-0.3, -0.25) is 14.2 Å². The molecule has 0 spiro atoms. The molecule has 0 unspecified atom stereocenters. The van der Waals surface area contributed by atoms with Gasteiger partial charge in [0.15, 0.2) is 11.5 Å². The van der Waals surface area contributed by atoms with Crippen LogP contribution in [0.4, 0.5) is 11.8 Å². The normalized spacial score (nSPS) is 26.4. The number of rotatable bonds is 8. The predicted molar refractivity (Wildman–Crippen MR) is 126 cm³/mol. The first kappa shape index (κ1) is 24.8. The summed E-state index contributed by atoms with van der Waals surface area (Å²) < 4.78 is 12.9. The summed E-state index contributed by atoms with van der Waals surface area (Å²) in [6, 6.07) is -0.530. The van der Waals surface area contributed by atoms with Gasteiger partial charge in [-0.15, -0.1) is 0 Å². The van der Waals surface area contributed by atoms with Crippen LogP contribution in [0.3, 0.4) is 0 Å². The smallest absolute Gasteiger partial charge is 0.323 e. The Morgan fingerprint density at radius 2 is 1.94 bits per heavy atom. The summed E-state index contributed by atoms with van der Waals surface area (Å²) in [5.74, 6) is -0.173. The predicted octanol–water partition coefficient (Wildman–Crippen LogP) is -0.195. The number of aliphatic hydroxyl groups excluding tert-OH is 2. The number of nitrogens with two attached hydrogens (primary N) is 2. The Morgan fingerprint density at radius 3 is 2.62 bits per heavy atom. The summed E-state index contributed by atoms with van der Waals surface area (Å²) >= 11 is 0.985. The summed E-state index contributed by atoms with van der Waals surface area (Å²) in [6.07, 6.45) is -0.148. The number of anilines is 2. The van der Waals surface area contributed by atoms with Crippen molar-refractivity contribution in [3.05, 3.63) is 9.67 Å². The number of carbonyl (C=O) groups is 1. The van der Waals surface area contributed by atoms with Crippen molar-refractivity contribution in [3.63, 3.8) is 0 Å². The number of esters is 1. The number of aliphatic hydroxyl groups is 2. The molecule has 2 aromatic rings. The van der Waals surface area contributed by atoms with Crippen LogP contribution in [0.25, 0.3) is 10.3 Å². The third kappa shape index (κ3) is 5.03. The van der Waals surface area contributed by atoms with E-state index in [4.69, 9.17) is 20.9 Å². The molecule has 0 aromatic carbocycles. The number of aromatic nitrogens is 3. The van der Waals surface area contributed by atoms with Crippen LogP contribution in [0.15, 0.2) is 4.79 Å². The van der Waals surface area contributed by atoms with Crippen LogP contribution in [0.2, 0.25) is 0 Å². The molecule has 3 heterocycles. The van der Waals surface area contributed by atoms with E-state index in [1.54, 1.807) is 13.8 Å². The highest BCUT2D eigenvalue weighted by Gasteiger charge is 2.44. The molecule has 34 heavy (non-hydrogen) atoms. The van der Waals surface area contributed by atoms with Gasteiger partial charge in [0, 0.05) is 6.04 Å². The molecule has 1 aliphatic heterocycles. The van der Waals surface area contributed by atoms with Crippen molar-refractivity contribution in [2.75, 3.05) is 17.7 Å². The number of nitrogen functional groups attached to an aromatic ring is 1. The van der Waals surface area contributed by atoms with Crippen LogP contribution in [0.1, 0.15) is 39.5 Å². The fourth-order valence-corrected chi connectivity index (χ4v) is 5.20. The quantitative estimate of drug-likeness (QED) is 0.305. The molecule has 0 radical (unpaired) electrons. The van der Waals surface area contributed by atoms with Crippen molar-refractivity contribution in [2.24, 2.45) is 11.7 Å². The van der Waals surface area contributed by atoms with Gasteiger partial charge in [-0.05, 0) is 18.8 Å². The molecule has 188 valence electrons. The highest BCUT2D eigenvalue weighted by atomic mass is 32.1. The van der Waals surface area contributed by atoms with Gasteiger partial charge in [-0.25, -0.2) is 0 Å². The fraction of sp³-hybridized carbons (Fsp3) is 0.714. The van der Waals surface area contributed by atoms with Crippen molar-refractivity contribution in [2.45, 2.75) is 82.6 Å². The van der Waals surface area contributed by atoms with Gasteiger partial charge in [0.1, 0.15) is 41.8 Å². The Balaban J connectivity index is 1.49. The van der Waals surface area contributed by atoms with Crippen LogP contribution >= 0.6 is 11.3 Å². The Kier molecular flexibility index (Phi) is 7.38. The van der Waals surface area contributed by atoms with E-state index in [2.05, 4.69) is 15.3 Å². The van der Waals surface area contributed by atoms with Gasteiger partial charge in [0.05, 0.1) is 6.54 Å². The number of nitrogens with zero attached hydrogens (tertiary/aromatic N) is 3. The Labute approximate surface area is 200 Å². The van der Waals surface area contributed by atoms with Crippen molar-refractivity contribution >= 4 is 39.4 Å². The summed E-state index contributed by atoms with van der Waals surface area (Å²) in [5.41, 5.74) is 12.0. The second kappa shape index (κ2) is 10.1. The zero-order chi connectivity index (χ0) is 24.6. The molecule has 5 atom stereocenters. The standard InChI is InChI=1S/C21H32N6O6S/c1-9(2)13(22)19(30)32-8-12-15(29)14(28)11(33-12)7-27-18-16(34-21(27)31)17(25-20(23)26-18)24-10-5-3-4-6-10/h9-15,28-29H,3-8,22H2,1-2H3,(H3,23,24,25,26)/t11-,12+,13-,14-,15+/m0/s1. The fourth-order valence-electron chi connectivity index (χ4n) is 4.31. The van der Waals surface area contributed by atoms with E-state index in [0.29, 0.717) is 16.2 Å². The number of fused-ring (bicyclic) bond motifs is 1. The molecule has 7 N–H and O–H groups in total. The summed E-state index contributed by atoms with van der Waals surface area (Å²) in [7, 11) is 0. The average Bonchev–Trinajstić information content (AvgIpc) is 3.48. The molecule has 0 bridgehead atoms. The minimum Gasteiger partial charge on any atom is -0.462 e. The third-order valence-corrected chi connectivity index (χ3v) is 7.41. The Morgan fingerprint density at radius 1 is 1.26 bits per heavy atom. The lowest BCUT2D eigenvalue weighted by molar-refractivity contribution is -0.151. The van der Waals surface area contributed by atoms with Gasteiger partial charge in [0.2, 0.25) is 5.95 Å². The highest BCUT2D eigenvalue weighted by molar-refractivity contribution is 7.17. The van der Waals surface area contributed by atoms with Crippen LogP contribution in [0, 0.1) is 5.92 Å². The molecule has 12 nitrogen and oxygen atoms in total. The second-order valence-electron chi connectivity index (χ2n) is 9.28. The van der Waals surface area contributed by atoms with Gasteiger partial charge >= 0.3 is 10.8 Å². The topological polar surface area (TPSA) is 188 Å². The summed E-state index contributed by atoms with van der Waals surface area (Å²) in [4.78, 5) is 33.1. The summed E-state index contributed by atoms with van der Waals surface area (Å²) in [5, 5.41) is 24.3. The molecule has 0 amide bonds. The van der Waals surface area contributed by atoms with E-state index in [0.717, 1.165) is 37.0 Å². The number of hydrogen-bond donors (Lipinski definition) is 5. The average molecular weight is 497 g/mol. The molecule has 13 heteroatoms. The first-order valence-electron chi connectivity index (χ1n) is 11.5. The van der Waals surface area contributed by atoms with Crippen LogP contribution in [0.5, 0.6) is 0 Å². The molecule has 1 saturated carbocycles. The third-order valence-electron chi connectivity index (χ3n) is 6.43. The second-order valence-corrected chi connectivity index (χ2v) is 10.2. The van der Waals surface area contributed by atoms with Crippen LogP contribution in [-0.4, -0.2) is 73.8 Å². The zero-order valence-corrected chi connectivity index (χ0v) is 20.0. The largest absolute Gasteiger partial charge is 0.462 e. The monoisotopic (exact) mass is 496 g/mol. The Hall–Kier alpha value is -2.32. The molecular formula is C21H32N6O6S. The van der Waals surface area contributed by atoms with Crippen LogP contribution < -0.4 is 21.7 Å². The number of hydrogen-bond acceptors (Lipinski definition) is 12. The van der Waals surface area contributed by atoms with Crippen molar-refractivity contribution in [1.29, 1.82) is 0 Å². The zero-order valence-electron chi connectivity index (χ0n) is 19.2. The van der Waals surface area contributed by atoms with Gasteiger partial charge < -0.3 is 36.5 Å². The van der Waals surface area contributed by atoms with E-state index in [9.17, 15) is 19.8 Å². The SMILES string of the molecule is CC(C)[C@H](N)C(=O)OC[C@H]1O[C@@H](Cn2c(=O)sc3c(NC4CCCC4)nc(N)nc32)[C@H](O)[C@@H]1O.